The van der Waals surface area contributed by atoms with Gasteiger partial charge in [-0.2, -0.15) is 0 Å². The van der Waals surface area contributed by atoms with Gasteiger partial charge < -0.3 is 19.0 Å². The van der Waals surface area contributed by atoms with Gasteiger partial charge in [-0.05, 0) is 43.2 Å². The Hall–Kier alpha value is -4.01. The number of halogens is 2. The Morgan fingerprint density at radius 3 is 2.62 bits per heavy atom. The summed E-state index contributed by atoms with van der Waals surface area (Å²) in [6.07, 6.45) is 1.24. The molecule has 7 rings (SSSR count). The first-order chi connectivity index (χ1) is 18.9. The maximum atomic E-state index is 14.7. The Bertz CT molecular complexity index is 1750. The predicted molar refractivity (Wildman–Crippen MR) is 142 cm³/mol. The Morgan fingerprint density at radius 1 is 1.03 bits per heavy atom. The molecule has 3 aliphatic heterocycles. The summed E-state index contributed by atoms with van der Waals surface area (Å²) in [4.78, 5) is 45.8. The molecule has 1 fully saturated rings. The Labute approximate surface area is 227 Å². The van der Waals surface area contributed by atoms with E-state index >= 15 is 0 Å². The van der Waals surface area contributed by atoms with Gasteiger partial charge in [-0.15, -0.1) is 0 Å². The number of benzene rings is 3. The maximum Gasteiger partial charge on any atom is 0.291 e. The number of carbonyl (C=O) groups excluding carboxylic acids is 2. The quantitative estimate of drug-likeness (QED) is 0.361. The van der Waals surface area contributed by atoms with Crippen LogP contribution in [0.15, 0.2) is 75.9 Å². The molecule has 2 atom stereocenters. The average Bonchev–Trinajstić information content (AvgIpc) is 3.60. The number of ether oxygens (including phenoxy) is 1. The highest BCUT2D eigenvalue weighted by Gasteiger charge is 2.65. The molecule has 0 saturated carbocycles. The number of fused-ring (bicyclic) bond motifs is 5. The van der Waals surface area contributed by atoms with Crippen molar-refractivity contribution in [2.75, 3.05) is 18.1 Å². The van der Waals surface area contributed by atoms with Crippen molar-refractivity contribution in [3.8, 4) is 0 Å². The van der Waals surface area contributed by atoms with Crippen LogP contribution in [-0.4, -0.2) is 36.0 Å². The van der Waals surface area contributed by atoms with E-state index in [1.54, 1.807) is 48.5 Å². The van der Waals surface area contributed by atoms with Crippen molar-refractivity contribution in [3.05, 3.63) is 110 Å². The molecule has 9 heteroatoms. The molecule has 2 amide bonds. The number of amides is 2. The van der Waals surface area contributed by atoms with Crippen LogP contribution < -0.4 is 10.3 Å². The molecular weight excluding hydrogens is 523 g/mol. The van der Waals surface area contributed by atoms with Gasteiger partial charge in [0, 0.05) is 29.3 Å². The lowest BCUT2D eigenvalue weighted by Gasteiger charge is -2.35. The summed E-state index contributed by atoms with van der Waals surface area (Å²) in [5.74, 6) is -1.72. The van der Waals surface area contributed by atoms with E-state index in [9.17, 15) is 18.8 Å². The third kappa shape index (κ3) is 3.34. The van der Waals surface area contributed by atoms with Crippen molar-refractivity contribution in [2.24, 2.45) is 0 Å². The minimum Gasteiger partial charge on any atom is -0.450 e. The van der Waals surface area contributed by atoms with E-state index in [2.05, 4.69) is 0 Å². The molecule has 0 aliphatic carbocycles. The number of anilines is 1. The number of hydrogen-bond donors (Lipinski definition) is 0. The Morgan fingerprint density at radius 2 is 1.82 bits per heavy atom. The van der Waals surface area contributed by atoms with Crippen LogP contribution in [-0.2, 0) is 21.6 Å². The molecule has 1 spiro atoms. The lowest BCUT2D eigenvalue weighted by atomic mass is 9.83. The summed E-state index contributed by atoms with van der Waals surface area (Å²) in [5.41, 5.74) is -0.879. The van der Waals surface area contributed by atoms with E-state index in [0.717, 1.165) is 6.42 Å². The van der Waals surface area contributed by atoms with Crippen LogP contribution in [0.1, 0.15) is 40.1 Å². The zero-order valence-electron chi connectivity index (χ0n) is 20.7. The molecule has 2 unspecified atom stereocenters. The number of rotatable bonds is 4. The largest absolute Gasteiger partial charge is 0.450 e. The highest BCUT2D eigenvalue weighted by atomic mass is 35.5. The highest BCUT2D eigenvalue weighted by Crippen LogP contribution is 2.53. The zero-order chi connectivity index (χ0) is 26.9. The first-order valence-electron chi connectivity index (χ1n) is 12.8. The van der Waals surface area contributed by atoms with E-state index in [1.807, 2.05) is 0 Å². The van der Waals surface area contributed by atoms with Crippen LogP contribution in [0, 0.1) is 5.82 Å². The zero-order valence-corrected chi connectivity index (χ0v) is 21.4. The van der Waals surface area contributed by atoms with Crippen LogP contribution >= 0.6 is 11.6 Å². The molecule has 0 bridgehead atoms. The third-order valence-corrected chi connectivity index (χ3v) is 8.13. The SMILES string of the molecule is O=C1c2oc3ccc(Cl)cc3c(=O)c2C2(C(=O)N(Cc3ccccc3F)c3ccccc32)N1CC1CCCO1. The molecule has 0 radical (unpaired) electrons. The van der Waals surface area contributed by atoms with Gasteiger partial charge in [-0.1, -0.05) is 48.0 Å². The van der Waals surface area contributed by atoms with Crippen LogP contribution in [0.4, 0.5) is 10.1 Å². The topological polar surface area (TPSA) is 80.1 Å². The van der Waals surface area contributed by atoms with Gasteiger partial charge in [0.15, 0.2) is 11.0 Å². The number of hydrogen-bond acceptors (Lipinski definition) is 5. The van der Waals surface area contributed by atoms with Gasteiger partial charge in [-0.3, -0.25) is 14.4 Å². The molecule has 1 saturated heterocycles. The molecule has 7 nitrogen and oxygen atoms in total. The molecule has 196 valence electrons. The Balaban J connectivity index is 1.51. The van der Waals surface area contributed by atoms with E-state index < -0.39 is 28.6 Å². The van der Waals surface area contributed by atoms with Gasteiger partial charge in [0.25, 0.3) is 11.8 Å². The average molecular weight is 545 g/mol. The maximum absolute atomic E-state index is 14.7. The summed E-state index contributed by atoms with van der Waals surface area (Å²) in [5, 5.41) is 0.494. The van der Waals surface area contributed by atoms with Gasteiger partial charge in [0.05, 0.1) is 29.3 Å². The lowest BCUT2D eigenvalue weighted by molar-refractivity contribution is -0.126. The summed E-state index contributed by atoms with van der Waals surface area (Å²) < 4.78 is 26.6. The minimum atomic E-state index is -1.79. The van der Waals surface area contributed by atoms with Gasteiger partial charge in [0.1, 0.15) is 11.4 Å². The number of nitrogens with zero attached hydrogens (tertiary/aromatic N) is 2. The second-order valence-corrected chi connectivity index (χ2v) is 10.5. The first-order valence-corrected chi connectivity index (χ1v) is 13.1. The number of carbonyl (C=O) groups is 2. The summed E-state index contributed by atoms with van der Waals surface area (Å²) in [6, 6.07) is 17.8. The summed E-state index contributed by atoms with van der Waals surface area (Å²) in [7, 11) is 0. The van der Waals surface area contributed by atoms with Crippen LogP contribution in [0.3, 0.4) is 0 Å². The standard InChI is InChI=1S/C30H22ClFN2O5/c31-18-11-12-24-20(14-18)26(35)25-27(39-24)28(36)34(16-19-7-5-13-38-19)30(25)21-8-2-4-10-23(21)33(29(30)37)15-17-6-1-3-9-22(17)32/h1-4,6,8-12,14,19H,5,7,13,15-16H2. The molecular formula is C30H22ClFN2O5. The fourth-order valence-electron chi connectivity index (χ4n) is 6.16. The van der Waals surface area contributed by atoms with Crippen molar-refractivity contribution >= 4 is 40.1 Å². The van der Waals surface area contributed by atoms with Crippen molar-refractivity contribution in [3.63, 3.8) is 0 Å². The Kier molecular flexibility index (Phi) is 5.40. The summed E-state index contributed by atoms with van der Waals surface area (Å²) in [6.45, 7) is 0.565. The number of para-hydroxylation sites is 1. The highest BCUT2D eigenvalue weighted by molar-refractivity contribution is 6.31. The fraction of sp³-hybridized carbons (Fsp3) is 0.233. The normalized spacial score (nSPS) is 21.8. The monoisotopic (exact) mass is 544 g/mol. The van der Waals surface area contributed by atoms with Crippen molar-refractivity contribution < 1.29 is 23.1 Å². The predicted octanol–water partition coefficient (Wildman–Crippen LogP) is 5.01. The molecule has 4 heterocycles. The van der Waals surface area contributed by atoms with E-state index in [1.165, 1.54) is 28.0 Å². The van der Waals surface area contributed by atoms with Gasteiger partial charge >= 0.3 is 0 Å². The minimum absolute atomic E-state index is 0.0475. The van der Waals surface area contributed by atoms with E-state index in [4.69, 9.17) is 20.8 Å². The summed E-state index contributed by atoms with van der Waals surface area (Å²) >= 11 is 6.22. The van der Waals surface area contributed by atoms with E-state index in [-0.39, 0.29) is 41.5 Å². The fourth-order valence-corrected chi connectivity index (χ4v) is 6.33. The molecule has 0 N–H and O–H groups in total. The van der Waals surface area contributed by atoms with Crippen molar-refractivity contribution in [1.82, 2.24) is 4.90 Å². The van der Waals surface area contributed by atoms with Gasteiger partial charge in [0.2, 0.25) is 5.76 Å². The molecule has 39 heavy (non-hydrogen) atoms. The van der Waals surface area contributed by atoms with Crippen LogP contribution in [0.25, 0.3) is 11.0 Å². The molecule has 4 aromatic rings. The second-order valence-electron chi connectivity index (χ2n) is 10.0. The van der Waals surface area contributed by atoms with Crippen molar-refractivity contribution in [2.45, 2.75) is 31.0 Å². The smallest absolute Gasteiger partial charge is 0.291 e. The van der Waals surface area contributed by atoms with Crippen LogP contribution in [0.2, 0.25) is 5.02 Å². The van der Waals surface area contributed by atoms with Crippen molar-refractivity contribution in [1.29, 1.82) is 0 Å². The third-order valence-electron chi connectivity index (χ3n) is 7.89. The molecule has 3 aliphatic rings. The van der Waals surface area contributed by atoms with Crippen LogP contribution in [0.5, 0.6) is 0 Å². The molecule has 1 aromatic heterocycles. The van der Waals surface area contributed by atoms with E-state index in [0.29, 0.717) is 34.9 Å². The molecule has 3 aromatic carbocycles. The lowest BCUT2D eigenvalue weighted by Crippen LogP contribution is -2.55. The second kappa shape index (κ2) is 8.76. The van der Waals surface area contributed by atoms with Gasteiger partial charge in [-0.25, -0.2) is 4.39 Å². The first kappa shape index (κ1) is 24.1.